The van der Waals surface area contributed by atoms with Crippen molar-refractivity contribution in [2.45, 2.75) is 18.9 Å². The van der Waals surface area contributed by atoms with Crippen LogP contribution in [0.25, 0.3) is 0 Å². The third-order valence-electron chi connectivity index (χ3n) is 4.09. The van der Waals surface area contributed by atoms with Crippen molar-refractivity contribution < 1.29 is 14.3 Å². The molecule has 0 saturated heterocycles. The lowest BCUT2D eigenvalue weighted by Gasteiger charge is -2.19. The van der Waals surface area contributed by atoms with Crippen LogP contribution in [0.5, 0.6) is 0 Å². The lowest BCUT2D eigenvalue weighted by Crippen LogP contribution is -2.09. The van der Waals surface area contributed by atoms with Crippen LogP contribution in [0.3, 0.4) is 0 Å². The molecule has 2 aromatic rings. The third kappa shape index (κ3) is 2.45. The molecule has 3 heteroatoms. The summed E-state index contributed by atoms with van der Waals surface area (Å²) in [6, 6.07) is 14.1. The van der Waals surface area contributed by atoms with Crippen molar-refractivity contribution >= 4 is 5.97 Å². The molecule has 1 unspecified atom stereocenters. The minimum atomic E-state index is -0.315. The minimum Gasteiger partial charge on any atom is -0.465 e. The summed E-state index contributed by atoms with van der Waals surface area (Å²) in [6.45, 7) is 0. The number of carbonyl (C=O) groups excluding carboxylic acids is 1. The lowest BCUT2D eigenvalue weighted by atomic mass is 9.95. The van der Waals surface area contributed by atoms with Gasteiger partial charge < -0.3 is 9.47 Å². The SMILES string of the molecule is COC(=O)c1ccc2c(c1)C(OC)c1ccccc1CC2. The molecule has 0 aliphatic heterocycles. The summed E-state index contributed by atoms with van der Waals surface area (Å²) in [7, 11) is 3.11. The fraction of sp³-hybridized carbons (Fsp3) is 0.278. The van der Waals surface area contributed by atoms with Gasteiger partial charge in [0.15, 0.2) is 0 Å². The highest BCUT2D eigenvalue weighted by Gasteiger charge is 2.24. The van der Waals surface area contributed by atoms with Gasteiger partial charge in [-0.25, -0.2) is 4.79 Å². The molecule has 3 rings (SSSR count). The molecule has 0 heterocycles. The van der Waals surface area contributed by atoms with Crippen LogP contribution in [0, 0.1) is 0 Å². The molecule has 21 heavy (non-hydrogen) atoms. The first-order valence-corrected chi connectivity index (χ1v) is 7.06. The predicted molar refractivity (Wildman–Crippen MR) is 80.5 cm³/mol. The van der Waals surface area contributed by atoms with Crippen LogP contribution >= 0.6 is 0 Å². The summed E-state index contributed by atoms with van der Waals surface area (Å²) in [5, 5.41) is 0. The summed E-state index contributed by atoms with van der Waals surface area (Å²) in [5.41, 5.74) is 5.34. The van der Waals surface area contributed by atoms with Gasteiger partial charge in [-0.05, 0) is 47.2 Å². The van der Waals surface area contributed by atoms with E-state index in [0.29, 0.717) is 5.56 Å². The van der Waals surface area contributed by atoms with Gasteiger partial charge in [0.05, 0.1) is 12.7 Å². The Kier molecular flexibility index (Phi) is 3.76. The zero-order chi connectivity index (χ0) is 14.8. The molecule has 0 aromatic heterocycles. The molecule has 0 amide bonds. The van der Waals surface area contributed by atoms with Crippen molar-refractivity contribution in [1.82, 2.24) is 0 Å². The van der Waals surface area contributed by atoms with Crippen LogP contribution in [0.4, 0.5) is 0 Å². The first-order valence-electron chi connectivity index (χ1n) is 7.06. The van der Waals surface area contributed by atoms with E-state index in [1.807, 2.05) is 24.3 Å². The van der Waals surface area contributed by atoms with Crippen molar-refractivity contribution in [3.63, 3.8) is 0 Å². The number of fused-ring (bicyclic) bond motifs is 2. The summed E-state index contributed by atoms with van der Waals surface area (Å²) in [6.07, 6.45) is 1.80. The van der Waals surface area contributed by atoms with Gasteiger partial charge in [-0.2, -0.15) is 0 Å². The standard InChI is InChI=1S/C18H18O3/c1-20-17-15-6-4-3-5-12(15)7-8-13-9-10-14(11-16(13)17)18(19)21-2/h3-6,9-11,17H,7-8H2,1-2H3. The normalized spacial score (nSPS) is 16.6. The maximum Gasteiger partial charge on any atom is 0.337 e. The Balaban J connectivity index is 2.14. The molecule has 3 nitrogen and oxygen atoms in total. The van der Waals surface area contributed by atoms with E-state index >= 15 is 0 Å². The average molecular weight is 282 g/mol. The van der Waals surface area contributed by atoms with Crippen molar-refractivity contribution in [3.05, 3.63) is 70.3 Å². The van der Waals surface area contributed by atoms with Crippen LogP contribution in [-0.2, 0) is 22.3 Å². The Morgan fingerprint density at radius 1 is 1.00 bits per heavy atom. The van der Waals surface area contributed by atoms with E-state index in [2.05, 4.69) is 18.2 Å². The largest absolute Gasteiger partial charge is 0.465 e. The smallest absolute Gasteiger partial charge is 0.337 e. The van der Waals surface area contributed by atoms with E-state index in [0.717, 1.165) is 18.4 Å². The van der Waals surface area contributed by atoms with E-state index in [-0.39, 0.29) is 12.1 Å². The van der Waals surface area contributed by atoms with Crippen molar-refractivity contribution in [1.29, 1.82) is 0 Å². The summed E-state index contributed by atoms with van der Waals surface area (Å²) < 4.78 is 10.6. The van der Waals surface area contributed by atoms with Gasteiger partial charge in [-0.1, -0.05) is 30.3 Å². The molecule has 0 bridgehead atoms. The average Bonchev–Trinajstić information content (AvgIpc) is 2.69. The Morgan fingerprint density at radius 3 is 2.43 bits per heavy atom. The Labute approximate surface area is 124 Å². The maximum atomic E-state index is 11.8. The predicted octanol–water partition coefficient (Wildman–Crippen LogP) is 3.31. The number of ether oxygens (including phenoxy) is 2. The second-order valence-electron chi connectivity index (χ2n) is 5.22. The van der Waals surface area contributed by atoms with Crippen molar-refractivity contribution in [3.8, 4) is 0 Å². The highest BCUT2D eigenvalue weighted by molar-refractivity contribution is 5.89. The van der Waals surface area contributed by atoms with E-state index < -0.39 is 0 Å². The van der Waals surface area contributed by atoms with Gasteiger partial charge in [0, 0.05) is 7.11 Å². The zero-order valence-electron chi connectivity index (χ0n) is 12.3. The number of benzene rings is 2. The van der Waals surface area contributed by atoms with Crippen LogP contribution in [0.15, 0.2) is 42.5 Å². The number of hydrogen-bond acceptors (Lipinski definition) is 3. The first-order chi connectivity index (χ1) is 10.2. The fourth-order valence-electron chi connectivity index (χ4n) is 3.02. The molecule has 0 saturated carbocycles. The number of esters is 1. The maximum absolute atomic E-state index is 11.8. The third-order valence-corrected chi connectivity index (χ3v) is 4.09. The van der Waals surface area contributed by atoms with Gasteiger partial charge >= 0.3 is 5.97 Å². The molecule has 0 spiro atoms. The Morgan fingerprint density at radius 2 is 1.71 bits per heavy atom. The molecule has 1 atom stereocenters. The Hall–Kier alpha value is -2.13. The topological polar surface area (TPSA) is 35.5 Å². The molecule has 0 radical (unpaired) electrons. The van der Waals surface area contributed by atoms with Crippen LogP contribution in [-0.4, -0.2) is 20.2 Å². The van der Waals surface area contributed by atoms with Gasteiger partial charge in [0.25, 0.3) is 0 Å². The van der Waals surface area contributed by atoms with E-state index in [4.69, 9.17) is 9.47 Å². The first kappa shape index (κ1) is 13.8. The van der Waals surface area contributed by atoms with Crippen LogP contribution in [0.1, 0.15) is 38.7 Å². The number of rotatable bonds is 2. The fourth-order valence-corrected chi connectivity index (χ4v) is 3.02. The Bertz CT molecular complexity index is 676. The second kappa shape index (κ2) is 5.70. The highest BCUT2D eigenvalue weighted by atomic mass is 16.5. The highest BCUT2D eigenvalue weighted by Crippen LogP contribution is 2.35. The van der Waals surface area contributed by atoms with Crippen molar-refractivity contribution in [2.24, 2.45) is 0 Å². The van der Waals surface area contributed by atoms with Gasteiger partial charge in [-0.3, -0.25) is 0 Å². The summed E-state index contributed by atoms with van der Waals surface area (Å²) in [4.78, 5) is 11.8. The molecule has 108 valence electrons. The van der Waals surface area contributed by atoms with Crippen molar-refractivity contribution in [2.75, 3.05) is 14.2 Å². The van der Waals surface area contributed by atoms with E-state index in [1.54, 1.807) is 7.11 Å². The monoisotopic (exact) mass is 282 g/mol. The second-order valence-corrected chi connectivity index (χ2v) is 5.22. The quantitative estimate of drug-likeness (QED) is 0.793. The zero-order valence-corrected chi connectivity index (χ0v) is 12.3. The molecule has 1 aliphatic carbocycles. The van der Waals surface area contributed by atoms with E-state index in [9.17, 15) is 4.79 Å². The molecule has 1 aliphatic rings. The molecular weight excluding hydrogens is 264 g/mol. The molecular formula is C18H18O3. The van der Waals surface area contributed by atoms with Crippen LogP contribution in [0.2, 0.25) is 0 Å². The van der Waals surface area contributed by atoms with Gasteiger partial charge in [-0.15, -0.1) is 0 Å². The van der Waals surface area contributed by atoms with E-state index in [1.165, 1.54) is 23.8 Å². The van der Waals surface area contributed by atoms with Crippen LogP contribution < -0.4 is 0 Å². The number of carbonyl (C=O) groups is 1. The lowest BCUT2D eigenvalue weighted by molar-refractivity contribution is 0.0600. The molecule has 0 fully saturated rings. The molecule has 2 aromatic carbocycles. The van der Waals surface area contributed by atoms with Gasteiger partial charge in [0.1, 0.15) is 6.10 Å². The van der Waals surface area contributed by atoms with Gasteiger partial charge in [0.2, 0.25) is 0 Å². The number of methoxy groups -OCH3 is 2. The number of hydrogen-bond donors (Lipinski definition) is 0. The molecule has 0 N–H and O–H groups in total. The number of aryl methyl sites for hydroxylation is 2. The summed E-state index contributed by atoms with van der Waals surface area (Å²) in [5.74, 6) is -0.315. The minimum absolute atomic E-state index is 0.136. The summed E-state index contributed by atoms with van der Waals surface area (Å²) >= 11 is 0.